The molecule has 0 aromatic heterocycles. The molecule has 0 fully saturated rings. The quantitative estimate of drug-likeness (QED) is 0.807. The lowest BCUT2D eigenvalue weighted by Gasteiger charge is -2.28. The van der Waals surface area contributed by atoms with Crippen LogP contribution >= 0.6 is 0 Å². The van der Waals surface area contributed by atoms with Gasteiger partial charge in [-0.2, -0.15) is 0 Å². The highest BCUT2D eigenvalue weighted by Gasteiger charge is 2.44. The summed E-state index contributed by atoms with van der Waals surface area (Å²) in [6.07, 6.45) is 0.760. The fourth-order valence-electron chi connectivity index (χ4n) is 4.60. The standard InChI is InChI=1S/C21H21BN2O3/c1-12-19(13-6-7-15-10-24(2)11-16(15)8-13)23-18-9-14-4-3-5-17(21(25)26)20(14)27-22(12)18/h3-8,18,23H,9-11H2,1-2H3,(H,25,26)/t18-/m0/s1. The van der Waals surface area contributed by atoms with Gasteiger partial charge in [0.2, 0.25) is 0 Å². The van der Waals surface area contributed by atoms with Crippen molar-refractivity contribution >= 4 is 18.6 Å². The highest BCUT2D eigenvalue weighted by atomic mass is 16.4. The van der Waals surface area contributed by atoms with Crippen LogP contribution in [0.1, 0.15) is 39.5 Å². The van der Waals surface area contributed by atoms with E-state index in [1.54, 1.807) is 12.1 Å². The van der Waals surface area contributed by atoms with Gasteiger partial charge in [0.05, 0.1) is 11.5 Å². The van der Waals surface area contributed by atoms with Crippen LogP contribution in [0.3, 0.4) is 0 Å². The van der Waals surface area contributed by atoms with Crippen molar-refractivity contribution in [2.24, 2.45) is 0 Å². The summed E-state index contributed by atoms with van der Waals surface area (Å²) in [6, 6.07) is 12.0. The predicted octanol–water partition coefficient (Wildman–Crippen LogP) is 2.74. The van der Waals surface area contributed by atoms with Gasteiger partial charge in [0.15, 0.2) is 0 Å². The van der Waals surface area contributed by atoms with Gasteiger partial charge < -0.3 is 15.1 Å². The molecule has 6 heteroatoms. The van der Waals surface area contributed by atoms with E-state index in [0.29, 0.717) is 5.75 Å². The average molecular weight is 360 g/mol. The van der Waals surface area contributed by atoms with E-state index in [4.69, 9.17) is 4.65 Å². The molecule has 5 nitrogen and oxygen atoms in total. The molecule has 2 N–H and O–H groups in total. The number of rotatable bonds is 2. The van der Waals surface area contributed by atoms with E-state index in [0.717, 1.165) is 36.2 Å². The van der Waals surface area contributed by atoms with E-state index in [-0.39, 0.29) is 18.4 Å². The van der Waals surface area contributed by atoms with E-state index >= 15 is 0 Å². The predicted molar refractivity (Wildman–Crippen MR) is 105 cm³/mol. The number of hydrogen-bond donors (Lipinski definition) is 2. The number of carbonyl (C=O) groups is 1. The summed E-state index contributed by atoms with van der Waals surface area (Å²) in [4.78, 5) is 13.9. The topological polar surface area (TPSA) is 61.8 Å². The molecule has 1 atom stereocenters. The molecule has 0 spiro atoms. The van der Waals surface area contributed by atoms with Crippen molar-refractivity contribution in [3.63, 3.8) is 0 Å². The third-order valence-electron chi connectivity index (χ3n) is 5.90. The highest BCUT2D eigenvalue weighted by molar-refractivity contribution is 6.66. The van der Waals surface area contributed by atoms with Crippen LogP contribution in [-0.4, -0.2) is 35.9 Å². The Labute approximate surface area is 158 Å². The van der Waals surface area contributed by atoms with Crippen LogP contribution in [-0.2, 0) is 19.5 Å². The van der Waals surface area contributed by atoms with Crippen LogP contribution in [0.15, 0.2) is 41.9 Å². The molecule has 0 aliphatic carbocycles. The number of carboxylic acids is 1. The van der Waals surface area contributed by atoms with Crippen LogP contribution in [0.5, 0.6) is 5.75 Å². The molecule has 0 radical (unpaired) electrons. The molecule has 3 aliphatic heterocycles. The highest BCUT2D eigenvalue weighted by Crippen LogP contribution is 2.37. The average Bonchev–Trinajstić information content (AvgIpc) is 3.17. The van der Waals surface area contributed by atoms with Crippen molar-refractivity contribution in [3.05, 3.63) is 69.7 Å². The van der Waals surface area contributed by atoms with Crippen LogP contribution in [0.4, 0.5) is 0 Å². The summed E-state index contributed by atoms with van der Waals surface area (Å²) in [5, 5.41) is 13.1. The maximum absolute atomic E-state index is 11.6. The van der Waals surface area contributed by atoms with Crippen LogP contribution in [0.2, 0.25) is 0 Å². The summed E-state index contributed by atoms with van der Waals surface area (Å²) in [7, 11) is 2.14. The number of benzene rings is 2. The molecular formula is C21H21BN2O3. The first kappa shape index (κ1) is 16.4. The second-order valence-corrected chi connectivity index (χ2v) is 7.81. The van der Waals surface area contributed by atoms with Gasteiger partial charge in [-0.15, -0.1) is 0 Å². The molecule has 3 aliphatic rings. The zero-order valence-corrected chi connectivity index (χ0v) is 15.5. The van der Waals surface area contributed by atoms with E-state index in [9.17, 15) is 9.90 Å². The lowest BCUT2D eigenvalue weighted by molar-refractivity contribution is 0.0694. The summed E-state index contributed by atoms with van der Waals surface area (Å²) in [6.45, 7) is 3.93. The van der Waals surface area contributed by atoms with Gasteiger partial charge in [-0.3, -0.25) is 4.90 Å². The Morgan fingerprint density at radius 3 is 2.85 bits per heavy atom. The van der Waals surface area contributed by atoms with E-state index in [1.807, 2.05) is 6.07 Å². The Kier molecular flexibility index (Phi) is 3.59. The largest absolute Gasteiger partial charge is 0.553 e. The Hall–Kier alpha value is -2.73. The normalized spacial score (nSPS) is 20.7. The second kappa shape index (κ2) is 5.89. The number of nitrogens with one attached hydrogen (secondary N) is 1. The van der Waals surface area contributed by atoms with E-state index in [1.165, 1.54) is 16.7 Å². The lowest BCUT2D eigenvalue weighted by atomic mass is 9.53. The monoisotopic (exact) mass is 360 g/mol. The van der Waals surface area contributed by atoms with E-state index < -0.39 is 5.97 Å². The first-order chi connectivity index (χ1) is 13.0. The van der Waals surface area contributed by atoms with Gasteiger partial charge in [-0.05, 0) is 60.3 Å². The molecule has 2 aromatic carbocycles. The van der Waals surface area contributed by atoms with Crippen molar-refractivity contribution in [2.45, 2.75) is 32.4 Å². The van der Waals surface area contributed by atoms with Crippen molar-refractivity contribution in [1.29, 1.82) is 0 Å². The van der Waals surface area contributed by atoms with Crippen LogP contribution in [0, 0.1) is 0 Å². The number of nitrogens with zero attached hydrogens (tertiary/aromatic N) is 1. The maximum atomic E-state index is 11.6. The molecule has 3 heterocycles. The van der Waals surface area contributed by atoms with Gasteiger partial charge in [-0.25, -0.2) is 4.79 Å². The van der Waals surface area contributed by atoms with Gasteiger partial charge >= 0.3 is 12.9 Å². The van der Waals surface area contributed by atoms with Crippen LogP contribution in [0.25, 0.3) is 5.70 Å². The summed E-state index contributed by atoms with van der Waals surface area (Å²) >= 11 is 0. The van der Waals surface area contributed by atoms with Gasteiger partial charge in [0.25, 0.3) is 0 Å². The Morgan fingerprint density at radius 1 is 1.22 bits per heavy atom. The molecule has 136 valence electrons. The number of carboxylic acid groups (broad SMARTS) is 1. The summed E-state index contributed by atoms with van der Waals surface area (Å²) < 4.78 is 6.21. The van der Waals surface area contributed by atoms with Gasteiger partial charge in [-0.1, -0.05) is 24.3 Å². The first-order valence-corrected chi connectivity index (χ1v) is 9.31. The number of hydrogen-bond acceptors (Lipinski definition) is 4. The second-order valence-electron chi connectivity index (χ2n) is 7.81. The molecule has 0 saturated carbocycles. The molecule has 5 rings (SSSR count). The molecule has 2 aromatic rings. The van der Waals surface area contributed by atoms with Gasteiger partial charge in [0.1, 0.15) is 5.75 Å². The zero-order valence-electron chi connectivity index (χ0n) is 15.5. The Bertz CT molecular complexity index is 1000. The molecule has 0 saturated heterocycles. The fourth-order valence-corrected chi connectivity index (χ4v) is 4.60. The van der Waals surface area contributed by atoms with Gasteiger partial charge in [0, 0.05) is 18.8 Å². The van der Waals surface area contributed by atoms with Crippen molar-refractivity contribution in [2.75, 3.05) is 7.05 Å². The first-order valence-electron chi connectivity index (χ1n) is 9.31. The number of aromatic carboxylic acids is 1. The molecule has 0 bridgehead atoms. The molecule has 0 unspecified atom stereocenters. The van der Waals surface area contributed by atoms with Crippen molar-refractivity contribution in [1.82, 2.24) is 10.2 Å². The minimum Gasteiger partial charge on any atom is -0.553 e. The third kappa shape index (κ3) is 2.55. The lowest BCUT2D eigenvalue weighted by Crippen LogP contribution is -2.46. The third-order valence-corrected chi connectivity index (χ3v) is 5.90. The zero-order chi connectivity index (χ0) is 18.7. The number of allylic oxidation sites excluding steroid dienone is 1. The van der Waals surface area contributed by atoms with E-state index in [2.05, 4.69) is 42.4 Å². The minimum atomic E-state index is -0.944. The SMILES string of the molecule is CC1=C(c2ccc3c(c2)CN(C)C3)N[C@H]2Cc3cccc(C(=O)O)c3OB12. The summed E-state index contributed by atoms with van der Waals surface area (Å²) in [5.74, 6) is -0.294. The van der Waals surface area contributed by atoms with Crippen molar-refractivity contribution in [3.8, 4) is 5.75 Å². The number of para-hydroxylation sites is 1. The molecular weight excluding hydrogens is 339 g/mol. The van der Waals surface area contributed by atoms with Crippen molar-refractivity contribution < 1.29 is 14.6 Å². The molecule has 0 amide bonds. The number of fused-ring (bicyclic) bond motifs is 3. The molecule has 27 heavy (non-hydrogen) atoms. The smallest absolute Gasteiger partial charge is 0.412 e. The Balaban J connectivity index is 1.50. The fraction of sp³-hybridized carbons (Fsp3) is 0.286. The maximum Gasteiger partial charge on any atom is 0.412 e. The van der Waals surface area contributed by atoms with Crippen LogP contribution < -0.4 is 9.97 Å². The summed E-state index contributed by atoms with van der Waals surface area (Å²) in [5.41, 5.74) is 7.40. The minimum absolute atomic E-state index is 0.132. The Morgan fingerprint density at radius 2 is 2.04 bits per heavy atom.